The molecule has 3 rings (SSSR count). The molecule has 0 radical (unpaired) electrons. The van der Waals surface area contributed by atoms with Crippen molar-refractivity contribution in [2.45, 2.75) is 258 Å². The Morgan fingerprint density at radius 1 is 0.900 bits per heavy atom. The van der Waals surface area contributed by atoms with Crippen LogP contribution in [-0.2, 0) is 41.8 Å². The molecule has 1 N–H and O–H groups in total. The van der Waals surface area contributed by atoms with Crippen molar-refractivity contribution in [3.05, 3.63) is 36.0 Å². The Morgan fingerprint density at radius 2 is 1.49 bits per heavy atom. The number of esters is 1. The van der Waals surface area contributed by atoms with E-state index in [0.717, 1.165) is 72.8 Å². The van der Waals surface area contributed by atoms with Gasteiger partial charge in [0, 0.05) is 57.1 Å². The molecule has 0 spiro atoms. The predicted octanol–water partition coefficient (Wildman–Crippen LogP) is 13.1. The molecule has 3 aliphatic heterocycles. The van der Waals surface area contributed by atoms with Gasteiger partial charge in [-0.3, -0.25) is 4.79 Å². The number of carbonyl (C=O) groups is 2. The lowest BCUT2D eigenvalue weighted by molar-refractivity contribution is -0.222. The maximum absolute atomic E-state index is 14.3. The Hall–Kier alpha value is -1.67. The average Bonchev–Trinajstić information content (AvgIpc) is 4.13. The van der Waals surface area contributed by atoms with Crippen LogP contribution < -0.4 is 5.32 Å². The summed E-state index contributed by atoms with van der Waals surface area (Å²) in [6.07, 6.45) is 10.9. The Kier molecular flexibility index (Phi) is 26.3. The van der Waals surface area contributed by atoms with Crippen molar-refractivity contribution in [2.24, 2.45) is 11.8 Å². The highest BCUT2D eigenvalue weighted by molar-refractivity contribution is 6.74. The SMILES string of the molecule is CCOC(C)OC1(C)CCC(O[Si](CC)(CC)CC)CC(=O)OC(/C(C)=C/C=C/C(C)(C[C@@H]2O[C@H]2[C@H](C)[C@H](CC)O[Si](CC)(CC)CC)O[Si](CC)(CC)CC)C(C)C=CC1OC(=O)N1CCNCC1. The van der Waals surface area contributed by atoms with Crippen LogP contribution in [0.3, 0.4) is 0 Å². The van der Waals surface area contributed by atoms with E-state index >= 15 is 0 Å². The zero-order valence-electron chi connectivity index (χ0n) is 47.5. The Bertz CT molecular complexity index is 1620. The third kappa shape index (κ3) is 17.7. The van der Waals surface area contributed by atoms with E-state index in [2.05, 4.69) is 114 Å². The number of carbonyl (C=O) groups excluding carboxylic acids is 2. The van der Waals surface area contributed by atoms with E-state index in [1.807, 2.05) is 39.8 Å². The molecule has 1 amide bonds. The molecule has 70 heavy (non-hydrogen) atoms. The van der Waals surface area contributed by atoms with E-state index in [1.165, 1.54) is 0 Å². The monoisotopic (exact) mass is 1040 g/mol. The molecule has 0 aliphatic carbocycles. The van der Waals surface area contributed by atoms with E-state index in [-0.39, 0.29) is 48.6 Å². The smallest absolute Gasteiger partial charge is 0.410 e. The van der Waals surface area contributed by atoms with Crippen molar-refractivity contribution < 1.29 is 46.6 Å². The number of cyclic esters (lactones) is 1. The minimum absolute atomic E-state index is 0.0768. The molecular weight excluding hydrogens is 933 g/mol. The summed E-state index contributed by atoms with van der Waals surface area (Å²) >= 11 is 0. The van der Waals surface area contributed by atoms with Gasteiger partial charge in [-0.05, 0) is 120 Å². The Labute approximate surface area is 430 Å². The molecule has 7 unspecified atom stereocenters. The van der Waals surface area contributed by atoms with Crippen LogP contribution in [0.15, 0.2) is 36.0 Å². The maximum atomic E-state index is 14.3. The summed E-state index contributed by atoms with van der Waals surface area (Å²) in [7, 11) is -6.01. The molecule has 0 bridgehead atoms. The van der Waals surface area contributed by atoms with Gasteiger partial charge in [-0.1, -0.05) is 107 Å². The minimum Gasteiger partial charge on any atom is -0.457 e. The van der Waals surface area contributed by atoms with Crippen LogP contribution in [0.1, 0.15) is 150 Å². The number of hydrogen-bond donors (Lipinski definition) is 1. The lowest BCUT2D eigenvalue weighted by atomic mass is 9.88. The third-order valence-corrected chi connectivity index (χ3v) is 30.9. The number of allylic oxidation sites excluding steroid dienone is 2. The number of ether oxygens (including phenoxy) is 5. The standard InChI is InChI=1S/C55H104N2O10Si3/c1-18-47(66-69(23-6,24-7)25-8)44(14)52-48(61-52)41-54(16,67-70(26-9,27-10)28-11)34-29-30-42(12)51-43(13)31-32-49(62-53(59)57-38-36-56-37-39-57)55(17,64-45(15)60-19-2)35-33-46(40-50(58)63-51)65-68(20-3,21-4)22-5/h29-32,34,43-49,51-52,56H,18-28,33,35-41H2,1-17H3/b32-31?,34-29+,42-30+/t43?,44-,45?,46?,47+,48+,49?,51?,52+,54?,55?/m1/s1. The summed E-state index contributed by atoms with van der Waals surface area (Å²) < 4.78 is 53.9. The Balaban J connectivity index is 2.09. The summed E-state index contributed by atoms with van der Waals surface area (Å²) in [6.45, 7) is 40.1. The topological polar surface area (TPSA) is 127 Å². The number of piperazine rings is 1. The van der Waals surface area contributed by atoms with Crippen LogP contribution in [0.4, 0.5) is 4.79 Å². The van der Waals surface area contributed by atoms with Gasteiger partial charge in [-0.2, -0.15) is 0 Å². The number of epoxide rings is 1. The van der Waals surface area contributed by atoms with E-state index < -0.39 is 60.8 Å². The maximum Gasteiger partial charge on any atom is 0.410 e. The van der Waals surface area contributed by atoms with Gasteiger partial charge < -0.3 is 47.2 Å². The molecule has 406 valence electrons. The molecule has 2 saturated heterocycles. The molecule has 11 atom stereocenters. The largest absolute Gasteiger partial charge is 0.457 e. The fourth-order valence-electron chi connectivity index (χ4n) is 11.1. The highest BCUT2D eigenvalue weighted by Crippen LogP contribution is 2.43. The normalized spacial score (nSPS) is 27.8. The van der Waals surface area contributed by atoms with Crippen LogP contribution in [-0.4, -0.2) is 129 Å². The molecule has 0 aromatic carbocycles. The molecule has 0 aromatic rings. The molecule has 0 aromatic heterocycles. The van der Waals surface area contributed by atoms with E-state index in [1.54, 1.807) is 4.90 Å². The first-order chi connectivity index (χ1) is 33.2. The summed E-state index contributed by atoms with van der Waals surface area (Å²) in [5.74, 6) is -0.291. The lowest BCUT2D eigenvalue weighted by Gasteiger charge is -2.41. The second-order valence-corrected chi connectivity index (χ2v) is 35.5. The van der Waals surface area contributed by atoms with Crippen LogP contribution in [0.2, 0.25) is 54.4 Å². The summed E-state index contributed by atoms with van der Waals surface area (Å²) in [5.41, 5.74) is -0.678. The first kappa shape index (κ1) is 62.6. The van der Waals surface area contributed by atoms with Crippen LogP contribution >= 0.6 is 0 Å². The predicted molar refractivity (Wildman–Crippen MR) is 294 cm³/mol. The summed E-state index contributed by atoms with van der Waals surface area (Å²) in [6, 6.07) is 9.37. The molecule has 15 heteroatoms. The van der Waals surface area contributed by atoms with Gasteiger partial charge in [0.25, 0.3) is 0 Å². The first-order valence-electron chi connectivity index (χ1n) is 28.1. The molecule has 0 saturated carbocycles. The van der Waals surface area contributed by atoms with Crippen LogP contribution in [0.25, 0.3) is 0 Å². The molecule has 3 aliphatic rings. The molecule has 12 nitrogen and oxygen atoms in total. The van der Waals surface area contributed by atoms with E-state index in [9.17, 15) is 9.59 Å². The minimum atomic E-state index is -2.16. The van der Waals surface area contributed by atoms with Crippen molar-refractivity contribution in [2.75, 3.05) is 32.8 Å². The molecule has 3 heterocycles. The summed E-state index contributed by atoms with van der Waals surface area (Å²) in [5, 5.41) is 3.33. The fraction of sp³-hybridized carbons (Fsp3) is 0.855. The third-order valence-electron chi connectivity index (χ3n) is 16.8. The van der Waals surface area contributed by atoms with Gasteiger partial charge in [0.05, 0.1) is 30.3 Å². The number of hydrogen-bond acceptors (Lipinski definition) is 11. The zero-order chi connectivity index (χ0) is 52.3. The van der Waals surface area contributed by atoms with Crippen molar-refractivity contribution >= 4 is 37.0 Å². The highest BCUT2D eigenvalue weighted by Gasteiger charge is 2.51. The lowest BCUT2D eigenvalue weighted by Crippen LogP contribution is -2.52. The second-order valence-electron chi connectivity index (χ2n) is 21.3. The van der Waals surface area contributed by atoms with Gasteiger partial charge in [0.2, 0.25) is 0 Å². The van der Waals surface area contributed by atoms with Gasteiger partial charge in [-0.15, -0.1) is 0 Å². The van der Waals surface area contributed by atoms with Crippen molar-refractivity contribution in [1.29, 1.82) is 0 Å². The van der Waals surface area contributed by atoms with Crippen LogP contribution in [0, 0.1) is 11.8 Å². The number of rotatable bonds is 28. The molecule has 2 fully saturated rings. The van der Waals surface area contributed by atoms with Crippen molar-refractivity contribution in [1.82, 2.24) is 10.2 Å². The average molecular weight is 1040 g/mol. The van der Waals surface area contributed by atoms with Crippen molar-refractivity contribution in [3.63, 3.8) is 0 Å². The quantitative estimate of drug-likeness (QED) is 0.0201. The summed E-state index contributed by atoms with van der Waals surface area (Å²) in [4.78, 5) is 30.0. The highest BCUT2D eigenvalue weighted by atomic mass is 28.4. The van der Waals surface area contributed by atoms with E-state index in [4.69, 9.17) is 37.0 Å². The van der Waals surface area contributed by atoms with Gasteiger partial charge in [0.15, 0.2) is 37.3 Å². The van der Waals surface area contributed by atoms with Crippen molar-refractivity contribution in [3.8, 4) is 0 Å². The van der Waals surface area contributed by atoms with Gasteiger partial charge in [-0.25, -0.2) is 4.79 Å². The first-order valence-corrected chi connectivity index (χ1v) is 35.7. The van der Waals surface area contributed by atoms with E-state index in [0.29, 0.717) is 45.6 Å². The zero-order valence-corrected chi connectivity index (χ0v) is 50.5. The van der Waals surface area contributed by atoms with Gasteiger partial charge in [0.1, 0.15) is 11.7 Å². The van der Waals surface area contributed by atoms with Crippen LogP contribution in [0.5, 0.6) is 0 Å². The number of nitrogens with zero attached hydrogens (tertiary/aromatic N) is 1. The molecular formula is C55H104N2O10Si3. The Morgan fingerprint density at radius 3 is 2.03 bits per heavy atom. The number of nitrogens with one attached hydrogen (secondary N) is 1. The second kappa shape index (κ2) is 29.4. The number of amides is 1. The fourth-order valence-corrected chi connectivity index (χ4v) is 20.1. The van der Waals surface area contributed by atoms with Gasteiger partial charge >= 0.3 is 12.1 Å².